The third kappa shape index (κ3) is 4.33. The van der Waals surface area contributed by atoms with E-state index in [1.54, 1.807) is 18.2 Å². The van der Waals surface area contributed by atoms with Gasteiger partial charge >= 0.3 is 0 Å². The van der Waals surface area contributed by atoms with Gasteiger partial charge in [0.2, 0.25) is 10.0 Å². The summed E-state index contributed by atoms with van der Waals surface area (Å²) in [6, 6.07) is 5.17. The second-order valence-electron chi connectivity index (χ2n) is 3.69. The lowest BCUT2D eigenvalue weighted by Crippen LogP contribution is -2.27. The molecule has 2 N–H and O–H groups in total. The molecule has 0 heterocycles. The van der Waals surface area contributed by atoms with E-state index in [-0.39, 0.29) is 11.4 Å². The van der Waals surface area contributed by atoms with Crippen LogP contribution in [0.2, 0.25) is 0 Å². The molecule has 0 atom stereocenters. The summed E-state index contributed by atoms with van der Waals surface area (Å²) in [5, 5.41) is 3.01. The molecule has 1 aromatic carbocycles. The van der Waals surface area contributed by atoms with Crippen LogP contribution in [-0.2, 0) is 21.3 Å². The van der Waals surface area contributed by atoms with E-state index in [2.05, 4.69) is 26.0 Å². The minimum atomic E-state index is -3.49. The Kier molecular flexibility index (Phi) is 6.24. The van der Waals surface area contributed by atoms with Gasteiger partial charge in [0.1, 0.15) is 0 Å². The van der Waals surface area contributed by atoms with Crippen LogP contribution in [0, 0.1) is 0 Å². The second kappa shape index (κ2) is 7.20. The van der Waals surface area contributed by atoms with Gasteiger partial charge in [0.05, 0.1) is 11.5 Å². The molecule has 102 valence electrons. The molecule has 0 bridgehead atoms. The van der Waals surface area contributed by atoms with Crippen molar-refractivity contribution in [2.24, 2.45) is 0 Å². The van der Waals surface area contributed by atoms with E-state index >= 15 is 0 Å². The molecule has 18 heavy (non-hydrogen) atoms. The minimum absolute atomic E-state index is 0.235. The Hall–Kier alpha value is -0.470. The summed E-state index contributed by atoms with van der Waals surface area (Å²) in [6.07, 6.45) is 0. The van der Waals surface area contributed by atoms with Gasteiger partial charge in [-0.15, -0.1) is 0 Å². The zero-order chi connectivity index (χ0) is 13.6. The number of sulfonamides is 1. The molecule has 0 aliphatic heterocycles. The summed E-state index contributed by atoms with van der Waals surface area (Å²) in [4.78, 5) is 0.235. The molecule has 0 saturated carbocycles. The fourth-order valence-corrected chi connectivity index (χ4v) is 3.57. The fraction of sp³-hybridized carbons (Fsp3) is 0.455. The van der Waals surface area contributed by atoms with Gasteiger partial charge < -0.3 is 10.1 Å². The van der Waals surface area contributed by atoms with Crippen LogP contribution < -0.4 is 10.0 Å². The first-order valence-corrected chi connectivity index (χ1v) is 7.70. The Morgan fingerprint density at radius 1 is 1.39 bits per heavy atom. The Balaban J connectivity index is 2.88. The number of nitrogens with one attached hydrogen (secondary N) is 2. The molecule has 1 rings (SSSR count). The predicted octanol–water partition coefficient (Wildman–Crippen LogP) is 1.09. The van der Waals surface area contributed by atoms with Crippen LogP contribution in [0.5, 0.6) is 0 Å². The average Bonchev–Trinajstić information content (AvgIpc) is 2.29. The van der Waals surface area contributed by atoms with Crippen molar-refractivity contribution >= 4 is 26.0 Å². The Morgan fingerprint density at radius 3 is 2.67 bits per heavy atom. The lowest BCUT2D eigenvalue weighted by atomic mass is 10.2. The quantitative estimate of drug-likeness (QED) is 0.731. The van der Waals surface area contributed by atoms with Gasteiger partial charge in [0, 0.05) is 24.7 Å². The molecule has 0 aliphatic carbocycles. The van der Waals surface area contributed by atoms with Crippen LogP contribution >= 0.6 is 15.9 Å². The number of rotatable bonds is 7. The molecule has 0 radical (unpaired) electrons. The van der Waals surface area contributed by atoms with Crippen LogP contribution in [0.3, 0.4) is 0 Å². The van der Waals surface area contributed by atoms with E-state index in [0.717, 1.165) is 5.56 Å². The van der Waals surface area contributed by atoms with E-state index in [9.17, 15) is 8.42 Å². The van der Waals surface area contributed by atoms with Gasteiger partial charge in [0.25, 0.3) is 0 Å². The maximum absolute atomic E-state index is 12.0. The van der Waals surface area contributed by atoms with Crippen molar-refractivity contribution in [2.75, 3.05) is 27.3 Å². The van der Waals surface area contributed by atoms with E-state index in [1.807, 2.05) is 7.05 Å². The smallest absolute Gasteiger partial charge is 0.241 e. The normalized spacial score (nSPS) is 11.7. The number of hydrogen-bond acceptors (Lipinski definition) is 4. The summed E-state index contributed by atoms with van der Waals surface area (Å²) in [5.74, 6) is 0. The van der Waals surface area contributed by atoms with Crippen molar-refractivity contribution in [3.63, 3.8) is 0 Å². The lowest BCUT2D eigenvalue weighted by Gasteiger charge is -2.09. The summed E-state index contributed by atoms with van der Waals surface area (Å²) < 4.78 is 31.8. The Bertz CT molecular complexity index is 491. The topological polar surface area (TPSA) is 67.4 Å². The summed E-state index contributed by atoms with van der Waals surface area (Å²) >= 11 is 3.28. The maximum Gasteiger partial charge on any atom is 0.241 e. The van der Waals surface area contributed by atoms with Gasteiger partial charge in [-0.05, 0) is 40.7 Å². The molecular weight excluding hydrogens is 320 g/mol. The summed E-state index contributed by atoms with van der Waals surface area (Å²) in [6.45, 7) is 1.29. The SMILES string of the molecule is CNCc1ccc(S(=O)(=O)NCCOC)c(Br)c1. The van der Waals surface area contributed by atoms with Crippen LogP contribution in [0.1, 0.15) is 5.56 Å². The second-order valence-corrected chi connectivity index (χ2v) is 6.28. The van der Waals surface area contributed by atoms with Crippen molar-refractivity contribution in [1.82, 2.24) is 10.0 Å². The average molecular weight is 337 g/mol. The maximum atomic E-state index is 12.0. The van der Waals surface area contributed by atoms with Crippen LogP contribution in [-0.4, -0.2) is 35.7 Å². The third-order valence-corrected chi connectivity index (χ3v) is 4.70. The zero-order valence-corrected chi connectivity index (χ0v) is 12.8. The number of benzene rings is 1. The highest BCUT2D eigenvalue weighted by atomic mass is 79.9. The van der Waals surface area contributed by atoms with Crippen molar-refractivity contribution in [2.45, 2.75) is 11.4 Å². The lowest BCUT2D eigenvalue weighted by molar-refractivity contribution is 0.204. The highest BCUT2D eigenvalue weighted by Crippen LogP contribution is 2.23. The van der Waals surface area contributed by atoms with Crippen molar-refractivity contribution < 1.29 is 13.2 Å². The predicted molar refractivity (Wildman–Crippen MR) is 74.0 cm³/mol. The van der Waals surface area contributed by atoms with Crippen molar-refractivity contribution in [3.05, 3.63) is 28.2 Å². The van der Waals surface area contributed by atoms with Gasteiger partial charge in [-0.25, -0.2) is 13.1 Å². The monoisotopic (exact) mass is 336 g/mol. The Morgan fingerprint density at radius 2 is 2.11 bits per heavy atom. The summed E-state index contributed by atoms with van der Waals surface area (Å²) in [7, 11) is -0.129. The van der Waals surface area contributed by atoms with E-state index in [4.69, 9.17) is 4.74 Å². The first-order chi connectivity index (χ1) is 8.51. The molecule has 0 amide bonds. The van der Waals surface area contributed by atoms with Gasteiger partial charge in [0.15, 0.2) is 0 Å². The molecule has 5 nitrogen and oxygen atoms in total. The van der Waals surface area contributed by atoms with Crippen LogP contribution in [0.4, 0.5) is 0 Å². The molecule has 1 aromatic rings. The highest BCUT2D eigenvalue weighted by Gasteiger charge is 2.17. The standard InChI is InChI=1S/C11H17BrN2O3S/c1-13-8-9-3-4-11(10(12)7-9)18(15,16)14-5-6-17-2/h3-4,7,13-14H,5-6,8H2,1-2H3. The molecule has 0 saturated heterocycles. The molecular formula is C11H17BrN2O3S. The number of methoxy groups -OCH3 is 1. The van der Waals surface area contributed by atoms with E-state index in [1.165, 1.54) is 7.11 Å². The van der Waals surface area contributed by atoms with Gasteiger partial charge in [-0.1, -0.05) is 6.07 Å². The highest BCUT2D eigenvalue weighted by molar-refractivity contribution is 9.10. The molecule has 0 unspecified atom stereocenters. The van der Waals surface area contributed by atoms with E-state index in [0.29, 0.717) is 17.6 Å². The molecule has 0 aromatic heterocycles. The molecule has 0 aliphatic rings. The number of hydrogen-bond donors (Lipinski definition) is 2. The van der Waals surface area contributed by atoms with Crippen molar-refractivity contribution in [1.29, 1.82) is 0 Å². The van der Waals surface area contributed by atoms with Crippen molar-refractivity contribution in [3.8, 4) is 0 Å². The first-order valence-electron chi connectivity index (χ1n) is 5.43. The van der Waals surface area contributed by atoms with Crippen LogP contribution in [0.15, 0.2) is 27.6 Å². The summed E-state index contributed by atoms with van der Waals surface area (Å²) in [5.41, 5.74) is 1.01. The zero-order valence-electron chi connectivity index (χ0n) is 10.4. The molecule has 0 fully saturated rings. The Labute approximate surface area is 116 Å². The largest absolute Gasteiger partial charge is 0.383 e. The minimum Gasteiger partial charge on any atom is -0.383 e. The number of halogens is 1. The third-order valence-electron chi connectivity index (χ3n) is 2.26. The molecule has 7 heteroatoms. The first kappa shape index (κ1) is 15.6. The van der Waals surface area contributed by atoms with E-state index < -0.39 is 10.0 Å². The number of ether oxygens (including phenoxy) is 1. The molecule has 0 spiro atoms. The fourth-order valence-electron chi connectivity index (χ4n) is 1.43. The van der Waals surface area contributed by atoms with Gasteiger partial charge in [-0.2, -0.15) is 0 Å². The van der Waals surface area contributed by atoms with Gasteiger partial charge in [-0.3, -0.25) is 0 Å². The van der Waals surface area contributed by atoms with Crippen LogP contribution in [0.25, 0.3) is 0 Å².